The number of aliphatic hydroxyl groups excluding tert-OH is 1. The van der Waals surface area contributed by atoms with E-state index in [4.69, 9.17) is 0 Å². The highest BCUT2D eigenvalue weighted by molar-refractivity contribution is 5.38. The van der Waals surface area contributed by atoms with E-state index >= 15 is 0 Å². The van der Waals surface area contributed by atoms with Crippen molar-refractivity contribution in [1.29, 1.82) is 0 Å². The number of rotatable bonds is 6. The van der Waals surface area contributed by atoms with Gasteiger partial charge in [0.05, 0.1) is 6.10 Å². The van der Waals surface area contributed by atoms with Gasteiger partial charge in [-0.1, -0.05) is 72.5 Å². The fourth-order valence-corrected chi connectivity index (χ4v) is 9.47. The first-order valence-corrected chi connectivity index (χ1v) is 14.0. The number of allylic oxidation sites excluding steroid dienone is 2. The van der Waals surface area contributed by atoms with Crippen LogP contribution in [-0.4, -0.2) is 11.2 Å². The molecule has 4 rings (SSSR count). The monoisotopic (exact) mass is 428 g/mol. The third-order valence-electron chi connectivity index (χ3n) is 12.0. The predicted molar refractivity (Wildman–Crippen MR) is 133 cm³/mol. The summed E-state index contributed by atoms with van der Waals surface area (Å²) >= 11 is 0. The van der Waals surface area contributed by atoms with E-state index in [9.17, 15) is 5.11 Å². The molecule has 2 fully saturated rings. The van der Waals surface area contributed by atoms with E-state index in [2.05, 4.69) is 48.5 Å². The summed E-state index contributed by atoms with van der Waals surface area (Å²) in [6.45, 7) is 17.8. The standard InChI is InChI=1S/C30H52O/c1-8-22(20(2)3)10-9-21(4)25-14-17-30(7)27-12-11-23-19-24(31)13-16-28(23,5)26(27)15-18-29(25,30)6/h20-25,31H,8-19H2,1-7H3. The predicted octanol–water partition coefficient (Wildman–Crippen LogP) is 8.56. The van der Waals surface area contributed by atoms with Crippen molar-refractivity contribution in [2.75, 3.05) is 0 Å². The van der Waals surface area contributed by atoms with Crippen LogP contribution in [0.25, 0.3) is 0 Å². The fraction of sp³-hybridized carbons (Fsp3) is 0.933. The minimum Gasteiger partial charge on any atom is -0.393 e. The van der Waals surface area contributed by atoms with Gasteiger partial charge in [0.1, 0.15) is 0 Å². The fourth-order valence-electron chi connectivity index (χ4n) is 9.47. The minimum atomic E-state index is -0.0424. The van der Waals surface area contributed by atoms with Crippen molar-refractivity contribution in [2.24, 2.45) is 45.8 Å². The molecule has 8 unspecified atom stereocenters. The van der Waals surface area contributed by atoms with Crippen molar-refractivity contribution in [2.45, 2.75) is 132 Å². The van der Waals surface area contributed by atoms with Crippen molar-refractivity contribution in [1.82, 2.24) is 0 Å². The Bertz CT molecular complexity index is 691. The highest BCUT2D eigenvalue weighted by Crippen LogP contribution is 2.71. The van der Waals surface area contributed by atoms with E-state index in [-0.39, 0.29) is 6.10 Å². The molecule has 4 aliphatic rings. The van der Waals surface area contributed by atoms with Crippen LogP contribution in [0.5, 0.6) is 0 Å². The molecule has 0 aromatic heterocycles. The molecule has 0 saturated heterocycles. The first kappa shape index (κ1) is 23.8. The SMILES string of the molecule is CCC(CCC(C)C1CCC2(C)C3=C(CCC12C)C1(C)CCC(O)CC1CC3)C(C)C. The van der Waals surface area contributed by atoms with Crippen LogP contribution in [0.15, 0.2) is 11.1 Å². The van der Waals surface area contributed by atoms with Gasteiger partial charge in [-0.05, 0) is 110 Å². The van der Waals surface area contributed by atoms with Gasteiger partial charge in [-0.3, -0.25) is 0 Å². The van der Waals surface area contributed by atoms with Crippen LogP contribution >= 0.6 is 0 Å². The molecule has 1 N–H and O–H groups in total. The van der Waals surface area contributed by atoms with Crippen molar-refractivity contribution in [3.05, 3.63) is 11.1 Å². The van der Waals surface area contributed by atoms with Gasteiger partial charge in [0.15, 0.2) is 0 Å². The van der Waals surface area contributed by atoms with Crippen LogP contribution in [0.3, 0.4) is 0 Å². The molecule has 178 valence electrons. The largest absolute Gasteiger partial charge is 0.393 e. The normalized spacial score (nSPS) is 44.6. The lowest BCUT2D eigenvalue weighted by molar-refractivity contribution is -0.00537. The van der Waals surface area contributed by atoms with Crippen molar-refractivity contribution in [3.63, 3.8) is 0 Å². The van der Waals surface area contributed by atoms with Gasteiger partial charge in [-0.2, -0.15) is 0 Å². The van der Waals surface area contributed by atoms with E-state index in [0.29, 0.717) is 16.2 Å². The average Bonchev–Trinajstić information content (AvgIpc) is 3.00. The highest BCUT2D eigenvalue weighted by Gasteiger charge is 2.61. The molecule has 31 heavy (non-hydrogen) atoms. The summed E-state index contributed by atoms with van der Waals surface area (Å²) in [5, 5.41) is 10.3. The molecule has 0 radical (unpaired) electrons. The first-order chi connectivity index (χ1) is 14.6. The molecule has 1 nitrogen and oxygen atoms in total. The molecule has 4 aliphatic carbocycles. The van der Waals surface area contributed by atoms with Crippen LogP contribution in [0.1, 0.15) is 126 Å². The smallest absolute Gasteiger partial charge is 0.0543 e. The molecule has 0 amide bonds. The quantitative estimate of drug-likeness (QED) is 0.420. The molecular formula is C30H52O. The minimum absolute atomic E-state index is 0.0424. The van der Waals surface area contributed by atoms with Gasteiger partial charge < -0.3 is 5.11 Å². The van der Waals surface area contributed by atoms with Crippen LogP contribution in [0, 0.1) is 45.8 Å². The highest BCUT2D eigenvalue weighted by atomic mass is 16.3. The summed E-state index contributed by atoms with van der Waals surface area (Å²) in [4.78, 5) is 0. The van der Waals surface area contributed by atoms with Crippen molar-refractivity contribution in [3.8, 4) is 0 Å². The van der Waals surface area contributed by atoms with Gasteiger partial charge >= 0.3 is 0 Å². The topological polar surface area (TPSA) is 20.2 Å². The number of aliphatic hydroxyl groups is 1. The van der Waals surface area contributed by atoms with Crippen LogP contribution in [0.2, 0.25) is 0 Å². The number of hydrogen-bond donors (Lipinski definition) is 1. The molecule has 0 aliphatic heterocycles. The van der Waals surface area contributed by atoms with Crippen molar-refractivity contribution >= 4 is 0 Å². The average molecular weight is 429 g/mol. The molecular weight excluding hydrogens is 376 g/mol. The molecule has 0 aromatic rings. The maximum Gasteiger partial charge on any atom is 0.0543 e. The van der Waals surface area contributed by atoms with Gasteiger partial charge in [0, 0.05) is 0 Å². The summed E-state index contributed by atoms with van der Waals surface area (Å²) in [6, 6.07) is 0. The lowest BCUT2D eigenvalue weighted by Gasteiger charge is -2.59. The Balaban J connectivity index is 1.56. The second-order valence-corrected chi connectivity index (χ2v) is 13.4. The zero-order chi connectivity index (χ0) is 22.6. The third-order valence-corrected chi connectivity index (χ3v) is 12.0. The second-order valence-electron chi connectivity index (χ2n) is 13.4. The molecule has 0 aromatic carbocycles. The van der Waals surface area contributed by atoms with Crippen LogP contribution in [-0.2, 0) is 0 Å². The van der Waals surface area contributed by atoms with Gasteiger partial charge in [0.2, 0.25) is 0 Å². The Hall–Kier alpha value is -0.300. The Morgan fingerprint density at radius 2 is 1.65 bits per heavy atom. The summed E-state index contributed by atoms with van der Waals surface area (Å²) < 4.78 is 0. The molecule has 0 bridgehead atoms. The Kier molecular flexibility index (Phi) is 6.53. The zero-order valence-corrected chi connectivity index (χ0v) is 21.9. The van der Waals surface area contributed by atoms with E-state index in [1.807, 2.05) is 11.1 Å². The Labute approximate surface area is 193 Å². The van der Waals surface area contributed by atoms with E-state index in [1.54, 1.807) is 0 Å². The van der Waals surface area contributed by atoms with Gasteiger partial charge in [-0.15, -0.1) is 0 Å². The lowest BCUT2D eigenvalue weighted by atomic mass is 9.46. The number of hydrogen-bond acceptors (Lipinski definition) is 1. The Morgan fingerprint density at radius 3 is 2.32 bits per heavy atom. The van der Waals surface area contributed by atoms with Crippen LogP contribution < -0.4 is 0 Å². The summed E-state index contributed by atoms with van der Waals surface area (Å²) in [7, 11) is 0. The Morgan fingerprint density at radius 1 is 0.903 bits per heavy atom. The first-order valence-electron chi connectivity index (χ1n) is 14.0. The lowest BCUT2D eigenvalue weighted by Crippen LogP contribution is -2.49. The molecule has 0 spiro atoms. The van der Waals surface area contributed by atoms with Gasteiger partial charge in [-0.25, -0.2) is 0 Å². The molecule has 8 atom stereocenters. The van der Waals surface area contributed by atoms with Crippen LogP contribution in [0.4, 0.5) is 0 Å². The molecule has 1 heteroatoms. The maximum atomic E-state index is 10.3. The summed E-state index contributed by atoms with van der Waals surface area (Å²) in [6.07, 6.45) is 15.7. The van der Waals surface area contributed by atoms with E-state index < -0.39 is 0 Å². The molecule has 0 heterocycles. The van der Waals surface area contributed by atoms with E-state index in [0.717, 1.165) is 42.4 Å². The third kappa shape index (κ3) is 3.68. The van der Waals surface area contributed by atoms with Crippen molar-refractivity contribution < 1.29 is 5.11 Å². The summed E-state index contributed by atoms with van der Waals surface area (Å²) in [5.74, 6) is 4.21. The second kappa shape index (κ2) is 8.48. The maximum absolute atomic E-state index is 10.3. The van der Waals surface area contributed by atoms with E-state index in [1.165, 1.54) is 64.2 Å². The number of fused-ring (bicyclic) bond motifs is 4. The summed E-state index contributed by atoms with van der Waals surface area (Å²) in [5.41, 5.74) is 5.06. The molecule has 2 saturated carbocycles. The zero-order valence-electron chi connectivity index (χ0n) is 21.9. The van der Waals surface area contributed by atoms with Gasteiger partial charge in [0.25, 0.3) is 0 Å².